The largest absolute Gasteiger partial charge is 0.465 e. The topological polar surface area (TPSA) is 93.7 Å². The number of hydrogen-bond acceptors (Lipinski definition) is 5. The number of esters is 1. The molecule has 2 aromatic carbocycles. The predicted molar refractivity (Wildman–Crippen MR) is 125 cm³/mol. The number of carbonyl (C=O) groups is 3. The maximum absolute atomic E-state index is 12.5. The molecule has 0 heterocycles. The first kappa shape index (κ1) is 27.6. The molecule has 0 aliphatic rings. The van der Waals surface area contributed by atoms with Gasteiger partial charge in [-0.15, -0.1) is 0 Å². The molecule has 0 aromatic heterocycles. The van der Waals surface area contributed by atoms with E-state index in [1.165, 1.54) is 31.4 Å². The molecule has 2 N–H and O–H groups in total. The monoisotopic (exact) mass is 430 g/mol. The van der Waals surface area contributed by atoms with E-state index in [2.05, 4.69) is 15.4 Å². The summed E-state index contributed by atoms with van der Waals surface area (Å²) >= 11 is 0. The molecule has 0 aliphatic carbocycles. The number of rotatable bonds is 4. The minimum absolute atomic E-state index is 0.348. The van der Waals surface area contributed by atoms with Crippen LogP contribution < -0.4 is 10.6 Å². The Labute approximate surface area is 185 Å². The van der Waals surface area contributed by atoms with Crippen LogP contribution in [-0.4, -0.2) is 30.7 Å². The van der Waals surface area contributed by atoms with Crippen molar-refractivity contribution in [1.82, 2.24) is 0 Å². The van der Waals surface area contributed by atoms with Crippen LogP contribution in [0, 0.1) is 0 Å². The standard InChI is InChI=1S/C20H22N2O5.2C2H6/c1-20(2,3)27-19(25)22-16-8-6-5-7-15(16)21-17(23)13-9-11-14(12-10-13)18(24)26-4;2*1-2/h5-12H,1-4H3,(H,21,23)(H,22,25);2*1-2H3. The summed E-state index contributed by atoms with van der Waals surface area (Å²) < 4.78 is 9.85. The van der Waals surface area contributed by atoms with E-state index >= 15 is 0 Å². The van der Waals surface area contributed by atoms with Gasteiger partial charge in [0.25, 0.3) is 5.91 Å². The number of methoxy groups -OCH3 is 1. The minimum atomic E-state index is -0.635. The second kappa shape index (κ2) is 13.8. The van der Waals surface area contributed by atoms with Gasteiger partial charge in [-0.1, -0.05) is 39.8 Å². The van der Waals surface area contributed by atoms with Gasteiger partial charge in [-0.3, -0.25) is 10.1 Å². The Morgan fingerprint density at radius 3 is 1.65 bits per heavy atom. The Bertz CT molecular complexity index is 840. The molecule has 2 amide bonds. The number of ether oxygens (including phenoxy) is 2. The van der Waals surface area contributed by atoms with Crippen LogP contribution in [0.25, 0.3) is 0 Å². The van der Waals surface area contributed by atoms with Crippen LogP contribution in [0.5, 0.6) is 0 Å². The third-order valence-corrected chi connectivity index (χ3v) is 3.38. The summed E-state index contributed by atoms with van der Waals surface area (Å²) in [5.74, 6) is -0.862. The van der Waals surface area contributed by atoms with Gasteiger partial charge in [-0.2, -0.15) is 0 Å². The van der Waals surface area contributed by atoms with Gasteiger partial charge in [-0.25, -0.2) is 9.59 Å². The lowest BCUT2D eigenvalue weighted by molar-refractivity contribution is 0.0598. The Hall–Kier alpha value is -3.35. The maximum atomic E-state index is 12.5. The molecule has 31 heavy (non-hydrogen) atoms. The molecular formula is C24H34N2O5. The first-order valence-electron chi connectivity index (χ1n) is 10.3. The SMILES string of the molecule is CC.CC.COC(=O)c1ccc(C(=O)Nc2ccccc2NC(=O)OC(C)(C)C)cc1. The Morgan fingerprint density at radius 2 is 1.19 bits per heavy atom. The highest BCUT2D eigenvalue weighted by molar-refractivity contribution is 6.07. The van der Waals surface area contributed by atoms with Crippen molar-refractivity contribution < 1.29 is 23.9 Å². The molecule has 0 bridgehead atoms. The fourth-order valence-electron chi connectivity index (χ4n) is 2.18. The summed E-state index contributed by atoms with van der Waals surface area (Å²) in [5, 5.41) is 5.35. The summed E-state index contributed by atoms with van der Waals surface area (Å²) in [7, 11) is 1.29. The average Bonchev–Trinajstić information content (AvgIpc) is 2.76. The van der Waals surface area contributed by atoms with Gasteiger partial charge >= 0.3 is 12.1 Å². The maximum Gasteiger partial charge on any atom is 0.412 e. The van der Waals surface area contributed by atoms with Crippen LogP contribution in [0.15, 0.2) is 48.5 Å². The third kappa shape index (κ3) is 9.80. The van der Waals surface area contributed by atoms with Crippen LogP contribution >= 0.6 is 0 Å². The summed E-state index contributed by atoms with van der Waals surface area (Å²) in [6.45, 7) is 13.3. The highest BCUT2D eigenvalue weighted by Gasteiger charge is 2.18. The number of benzene rings is 2. The Balaban J connectivity index is 0.00000212. The van der Waals surface area contributed by atoms with Gasteiger partial charge in [0, 0.05) is 5.56 Å². The molecule has 0 radical (unpaired) electrons. The van der Waals surface area contributed by atoms with Crippen LogP contribution in [0.3, 0.4) is 0 Å². The highest BCUT2D eigenvalue weighted by Crippen LogP contribution is 2.23. The number of carbonyl (C=O) groups excluding carboxylic acids is 3. The van der Waals surface area contributed by atoms with Crippen molar-refractivity contribution in [3.05, 3.63) is 59.7 Å². The minimum Gasteiger partial charge on any atom is -0.465 e. The van der Waals surface area contributed by atoms with Gasteiger partial charge < -0.3 is 14.8 Å². The van der Waals surface area contributed by atoms with Crippen molar-refractivity contribution in [1.29, 1.82) is 0 Å². The highest BCUT2D eigenvalue weighted by atomic mass is 16.6. The summed E-state index contributed by atoms with van der Waals surface area (Å²) in [6, 6.07) is 12.8. The molecule has 0 atom stereocenters. The molecule has 2 aromatic rings. The number of hydrogen-bond donors (Lipinski definition) is 2. The van der Waals surface area contributed by atoms with Crippen molar-refractivity contribution in [2.24, 2.45) is 0 Å². The predicted octanol–water partition coefficient (Wildman–Crippen LogP) is 6.12. The average molecular weight is 431 g/mol. The van der Waals surface area contributed by atoms with Crippen molar-refractivity contribution in [2.75, 3.05) is 17.7 Å². The second-order valence-corrected chi connectivity index (χ2v) is 6.70. The molecule has 0 saturated carbocycles. The fraction of sp³-hybridized carbons (Fsp3) is 0.375. The summed E-state index contributed by atoms with van der Waals surface area (Å²) in [5.41, 5.74) is 0.899. The van der Waals surface area contributed by atoms with Gasteiger partial charge in [0.15, 0.2) is 0 Å². The van der Waals surface area contributed by atoms with E-state index in [4.69, 9.17) is 4.74 Å². The first-order chi connectivity index (χ1) is 14.7. The lowest BCUT2D eigenvalue weighted by atomic mass is 10.1. The van der Waals surface area contributed by atoms with E-state index < -0.39 is 17.7 Å². The van der Waals surface area contributed by atoms with E-state index in [-0.39, 0.29) is 5.91 Å². The summed E-state index contributed by atoms with van der Waals surface area (Å²) in [4.78, 5) is 35.9. The molecule has 0 spiro atoms. The number of anilines is 2. The second-order valence-electron chi connectivity index (χ2n) is 6.70. The lowest BCUT2D eigenvalue weighted by Crippen LogP contribution is -2.27. The number of para-hydroxylation sites is 2. The van der Waals surface area contributed by atoms with E-state index in [0.717, 1.165) is 0 Å². The number of nitrogens with one attached hydrogen (secondary N) is 2. The van der Waals surface area contributed by atoms with E-state index in [9.17, 15) is 14.4 Å². The molecule has 0 unspecified atom stereocenters. The lowest BCUT2D eigenvalue weighted by Gasteiger charge is -2.20. The smallest absolute Gasteiger partial charge is 0.412 e. The fourth-order valence-corrected chi connectivity index (χ4v) is 2.18. The molecule has 0 saturated heterocycles. The van der Waals surface area contributed by atoms with Gasteiger partial charge in [0.05, 0.1) is 24.0 Å². The normalized spacial score (nSPS) is 9.68. The number of amides is 2. The van der Waals surface area contributed by atoms with Crippen molar-refractivity contribution >= 4 is 29.3 Å². The van der Waals surface area contributed by atoms with E-state index in [1.54, 1.807) is 45.0 Å². The molecule has 7 heteroatoms. The zero-order valence-corrected chi connectivity index (χ0v) is 19.7. The zero-order chi connectivity index (χ0) is 24.0. The van der Waals surface area contributed by atoms with Crippen molar-refractivity contribution in [3.63, 3.8) is 0 Å². The van der Waals surface area contributed by atoms with Gasteiger partial charge in [0.2, 0.25) is 0 Å². The zero-order valence-electron chi connectivity index (χ0n) is 19.7. The van der Waals surface area contributed by atoms with E-state index in [1.807, 2.05) is 27.7 Å². The molecule has 0 fully saturated rings. The van der Waals surface area contributed by atoms with Crippen LogP contribution in [0.1, 0.15) is 69.2 Å². The van der Waals surface area contributed by atoms with Crippen LogP contribution in [0.4, 0.5) is 16.2 Å². The molecule has 0 aliphatic heterocycles. The molecule has 170 valence electrons. The molecule has 7 nitrogen and oxygen atoms in total. The molecule has 2 rings (SSSR count). The van der Waals surface area contributed by atoms with E-state index in [0.29, 0.717) is 22.5 Å². The Kier molecular flexibility index (Phi) is 12.3. The van der Waals surface area contributed by atoms with Gasteiger partial charge in [-0.05, 0) is 57.2 Å². The quantitative estimate of drug-likeness (QED) is 0.570. The summed E-state index contributed by atoms with van der Waals surface area (Å²) in [6.07, 6.45) is -0.619. The van der Waals surface area contributed by atoms with Crippen LogP contribution in [-0.2, 0) is 9.47 Å². The Morgan fingerprint density at radius 1 is 0.742 bits per heavy atom. The van der Waals surface area contributed by atoms with Crippen molar-refractivity contribution in [3.8, 4) is 0 Å². The van der Waals surface area contributed by atoms with Crippen molar-refractivity contribution in [2.45, 2.75) is 54.1 Å². The van der Waals surface area contributed by atoms with Crippen LogP contribution in [0.2, 0.25) is 0 Å². The molecular weight excluding hydrogens is 396 g/mol. The third-order valence-electron chi connectivity index (χ3n) is 3.38. The van der Waals surface area contributed by atoms with Gasteiger partial charge in [0.1, 0.15) is 5.60 Å². The first-order valence-corrected chi connectivity index (χ1v) is 10.3.